The van der Waals surface area contributed by atoms with E-state index in [1.54, 1.807) is 6.33 Å². The highest BCUT2D eigenvalue weighted by Gasteiger charge is 2.12. The van der Waals surface area contributed by atoms with Crippen molar-refractivity contribution in [2.24, 2.45) is 5.92 Å². The van der Waals surface area contributed by atoms with Gasteiger partial charge in [-0.2, -0.15) is 0 Å². The molecule has 17 heavy (non-hydrogen) atoms. The van der Waals surface area contributed by atoms with Gasteiger partial charge in [0.1, 0.15) is 22.4 Å². The molecule has 96 valence electrons. The molecule has 0 saturated heterocycles. The lowest BCUT2D eigenvalue weighted by Gasteiger charge is -2.19. The monoisotopic (exact) mass is 300 g/mol. The molecule has 0 fully saturated rings. The SMILES string of the molecule is CCCNc1ncnc(NC(C)C(C)C)c1Br. The first kappa shape index (κ1) is 14.2. The van der Waals surface area contributed by atoms with Gasteiger partial charge >= 0.3 is 0 Å². The molecule has 0 aliphatic carbocycles. The Hall–Kier alpha value is -0.840. The van der Waals surface area contributed by atoms with Gasteiger partial charge in [0.15, 0.2) is 0 Å². The van der Waals surface area contributed by atoms with Crippen LogP contribution in [0.3, 0.4) is 0 Å². The number of hydrogen-bond acceptors (Lipinski definition) is 4. The number of hydrogen-bond donors (Lipinski definition) is 2. The van der Waals surface area contributed by atoms with Crippen molar-refractivity contribution in [2.75, 3.05) is 17.2 Å². The van der Waals surface area contributed by atoms with Gasteiger partial charge < -0.3 is 10.6 Å². The Morgan fingerprint density at radius 2 is 1.88 bits per heavy atom. The smallest absolute Gasteiger partial charge is 0.146 e. The third-order valence-electron chi connectivity index (χ3n) is 2.70. The maximum atomic E-state index is 4.26. The zero-order valence-electron chi connectivity index (χ0n) is 10.9. The summed E-state index contributed by atoms with van der Waals surface area (Å²) in [5.74, 6) is 2.25. The summed E-state index contributed by atoms with van der Waals surface area (Å²) in [5, 5.41) is 6.66. The Kier molecular flexibility index (Phi) is 5.68. The van der Waals surface area contributed by atoms with Crippen LogP contribution in [0.2, 0.25) is 0 Å². The molecule has 0 amide bonds. The largest absolute Gasteiger partial charge is 0.369 e. The van der Waals surface area contributed by atoms with Crippen LogP contribution in [-0.2, 0) is 0 Å². The minimum atomic E-state index is 0.375. The molecule has 0 aliphatic heterocycles. The summed E-state index contributed by atoms with van der Waals surface area (Å²) < 4.78 is 0.904. The Morgan fingerprint density at radius 3 is 2.47 bits per heavy atom. The quantitative estimate of drug-likeness (QED) is 0.844. The third kappa shape index (κ3) is 4.15. The molecule has 2 N–H and O–H groups in total. The van der Waals surface area contributed by atoms with E-state index in [-0.39, 0.29) is 0 Å². The minimum Gasteiger partial charge on any atom is -0.369 e. The lowest BCUT2D eigenvalue weighted by Crippen LogP contribution is -2.22. The van der Waals surface area contributed by atoms with Crippen molar-refractivity contribution < 1.29 is 0 Å². The summed E-state index contributed by atoms with van der Waals surface area (Å²) >= 11 is 3.54. The summed E-state index contributed by atoms with van der Waals surface area (Å²) in [4.78, 5) is 8.48. The van der Waals surface area contributed by atoms with E-state index in [4.69, 9.17) is 0 Å². The maximum Gasteiger partial charge on any atom is 0.146 e. The highest BCUT2D eigenvalue weighted by molar-refractivity contribution is 9.10. The number of rotatable bonds is 6. The van der Waals surface area contributed by atoms with Crippen LogP contribution in [0.15, 0.2) is 10.8 Å². The van der Waals surface area contributed by atoms with Crippen LogP contribution in [0.1, 0.15) is 34.1 Å². The van der Waals surface area contributed by atoms with Crippen LogP contribution in [0, 0.1) is 5.92 Å². The number of nitrogens with one attached hydrogen (secondary N) is 2. The predicted molar refractivity (Wildman–Crippen MR) is 76.4 cm³/mol. The molecule has 1 atom stereocenters. The van der Waals surface area contributed by atoms with E-state index in [2.05, 4.69) is 64.2 Å². The highest BCUT2D eigenvalue weighted by atomic mass is 79.9. The predicted octanol–water partition coefficient (Wildman–Crippen LogP) is 3.52. The van der Waals surface area contributed by atoms with Gasteiger partial charge in [-0.3, -0.25) is 0 Å². The third-order valence-corrected chi connectivity index (χ3v) is 3.45. The Morgan fingerprint density at radius 1 is 1.24 bits per heavy atom. The number of anilines is 2. The van der Waals surface area contributed by atoms with E-state index in [0.29, 0.717) is 12.0 Å². The van der Waals surface area contributed by atoms with Crippen molar-refractivity contribution in [3.63, 3.8) is 0 Å². The molecule has 0 aliphatic rings. The van der Waals surface area contributed by atoms with Gasteiger partial charge in [-0.25, -0.2) is 9.97 Å². The fraction of sp³-hybridized carbons (Fsp3) is 0.667. The highest BCUT2D eigenvalue weighted by Crippen LogP contribution is 2.27. The van der Waals surface area contributed by atoms with E-state index >= 15 is 0 Å². The molecule has 0 radical (unpaired) electrons. The maximum absolute atomic E-state index is 4.26. The summed E-state index contributed by atoms with van der Waals surface area (Å²) in [6.45, 7) is 9.56. The second kappa shape index (κ2) is 6.79. The van der Waals surface area contributed by atoms with E-state index < -0.39 is 0 Å². The first-order valence-corrected chi connectivity index (χ1v) is 6.86. The molecule has 4 nitrogen and oxygen atoms in total. The molecule has 1 aromatic rings. The van der Waals surface area contributed by atoms with Crippen LogP contribution in [-0.4, -0.2) is 22.6 Å². The summed E-state index contributed by atoms with van der Waals surface area (Å²) in [7, 11) is 0. The molecule has 5 heteroatoms. The van der Waals surface area contributed by atoms with Crippen LogP contribution in [0.5, 0.6) is 0 Å². The van der Waals surface area contributed by atoms with Gasteiger partial charge in [0.05, 0.1) is 0 Å². The van der Waals surface area contributed by atoms with Crippen molar-refractivity contribution >= 4 is 27.6 Å². The van der Waals surface area contributed by atoms with E-state index in [9.17, 15) is 0 Å². The van der Waals surface area contributed by atoms with Crippen molar-refractivity contribution in [2.45, 2.75) is 40.2 Å². The van der Waals surface area contributed by atoms with Gasteiger partial charge in [0, 0.05) is 12.6 Å². The normalized spacial score (nSPS) is 12.6. The topological polar surface area (TPSA) is 49.8 Å². The van der Waals surface area contributed by atoms with E-state index in [0.717, 1.165) is 29.1 Å². The van der Waals surface area contributed by atoms with Crippen LogP contribution >= 0.6 is 15.9 Å². The van der Waals surface area contributed by atoms with Gasteiger partial charge in [-0.15, -0.1) is 0 Å². The van der Waals surface area contributed by atoms with Crippen molar-refractivity contribution in [3.8, 4) is 0 Å². The second-order valence-corrected chi connectivity index (χ2v) is 5.28. The fourth-order valence-electron chi connectivity index (χ4n) is 1.22. The summed E-state index contributed by atoms with van der Waals surface area (Å²) in [6, 6.07) is 0.375. The van der Waals surface area contributed by atoms with Crippen LogP contribution < -0.4 is 10.6 Å². The molecular weight excluding hydrogens is 280 g/mol. The Balaban J connectivity index is 2.79. The van der Waals surface area contributed by atoms with Crippen molar-refractivity contribution in [1.29, 1.82) is 0 Å². The van der Waals surface area contributed by atoms with Gasteiger partial charge in [0.25, 0.3) is 0 Å². The zero-order chi connectivity index (χ0) is 12.8. The van der Waals surface area contributed by atoms with Gasteiger partial charge in [-0.05, 0) is 35.2 Å². The van der Waals surface area contributed by atoms with Gasteiger partial charge in [-0.1, -0.05) is 20.8 Å². The fourth-order valence-corrected chi connectivity index (χ4v) is 1.68. The number of aromatic nitrogens is 2. The van der Waals surface area contributed by atoms with Gasteiger partial charge in [0.2, 0.25) is 0 Å². The Bertz CT molecular complexity index is 354. The molecule has 1 aromatic heterocycles. The molecule has 0 aromatic carbocycles. The number of halogens is 1. The molecule has 1 unspecified atom stereocenters. The first-order valence-electron chi connectivity index (χ1n) is 6.07. The molecule has 0 spiro atoms. The molecule has 0 saturated carbocycles. The summed E-state index contributed by atoms with van der Waals surface area (Å²) in [6.07, 6.45) is 2.65. The summed E-state index contributed by atoms with van der Waals surface area (Å²) in [5.41, 5.74) is 0. The molecule has 1 rings (SSSR count). The molecule has 0 bridgehead atoms. The Labute approximate surface area is 112 Å². The van der Waals surface area contributed by atoms with E-state index in [1.165, 1.54) is 0 Å². The number of nitrogens with zero attached hydrogens (tertiary/aromatic N) is 2. The van der Waals surface area contributed by atoms with E-state index in [1.807, 2.05) is 0 Å². The minimum absolute atomic E-state index is 0.375. The van der Waals surface area contributed by atoms with Crippen LogP contribution in [0.4, 0.5) is 11.6 Å². The zero-order valence-corrected chi connectivity index (χ0v) is 12.5. The standard InChI is InChI=1S/C12H21BrN4/c1-5-6-14-11-10(13)12(16-7-15-11)17-9(4)8(2)3/h7-9H,5-6H2,1-4H3,(H2,14,15,16,17). The van der Waals surface area contributed by atoms with Crippen molar-refractivity contribution in [1.82, 2.24) is 9.97 Å². The van der Waals surface area contributed by atoms with Crippen LogP contribution in [0.25, 0.3) is 0 Å². The lowest BCUT2D eigenvalue weighted by molar-refractivity contribution is 0.558. The van der Waals surface area contributed by atoms with Crippen molar-refractivity contribution in [3.05, 3.63) is 10.8 Å². The molecular formula is C12H21BrN4. The average molecular weight is 301 g/mol. The average Bonchev–Trinajstić information content (AvgIpc) is 2.30. The second-order valence-electron chi connectivity index (χ2n) is 4.49. The lowest BCUT2D eigenvalue weighted by atomic mass is 10.1. The molecule has 1 heterocycles. The first-order chi connectivity index (χ1) is 8.06.